The van der Waals surface area contributed by atoms with Gasteiger partial charge in [0.05, 0.1) is 0 Å². The topological polar surface area (TPSA) is 32.3 Å². The van der Waals surface area contributed by atoms with Gasteiger partial charge in [0.2, 0.25) is 0 Å². The van der Waals surface area contributed by atoms with Crippen LogP contribution < -0.4 is 5.32 Å². The van der Waals surface area contributed by atoms with Crippen molar-refractivity contribution in [1.82, 2.24) is 10.2 Å². The van der Waals surface area contributed by atoms with Crippen LogP contribution in [0.15, 0.2) is 42.5 Å². The Balaban J connectivity index is 1.25. The summed E-state index contributed by atoms with van der Waals surface area (Å²) in [4.78, 5) is 15.0. The van der Waals surface area contributed by atoms with Crippen molar-refractivity contribution in [2.75, 3.05) is 19.6 Å². The predicted molar refractivity (Wildman–Crippen MR) is 116 cm³/mol. The van der Waals surface area contributed by atoms with Crippen LogP contribution in [0.25, 0.3) is 0 Å². The number of hydrogen-bond acceptors (Lipinski definition) is 2. The van der Waals surface area contributed by atoms with Gasteiger partial charge in [-0.2, -0.15) is 0 Å². The van der Waals surface area contributed by atoms with Crippen molar-refractivity contribution in [3.63, 3.8) is 0 Å². The molecule has 1 heterocycles. The predicted octanol–water partition coefficient (Wildman–Crippen LogP) is 5.47. The molecule has 1 amide bonds. The molecule has 1 aliphatic carbocycles. The van der Waals surface area contributed by atoms with Crippen LogP contribution in [0.3, 0.4) is 0 Å². The maximum atomic E-state index is 12.5. The second kappa shape index (κ2) is 8.23. The average molecular weight is 438 g/mol. The normalized spacial score (nSPS) is 20.9. The van der Waals surface area contributed by atoms with Gasteiger partial charge in [-0.1, -0.05) is 46.9 Å². The number of halogens is 3. The molecule has 1 spiro atoms. The molecule has 1 atom stereocenters. The van der Waals surface area contributed by atoms with Crippen LogP contribution in [0, 0.1) is 5.41 Å². The van der Waals surface area contributed by atoms with Gasteiger partial charge in [-0.15, -0.1) is 0 Å². The molecule has 2 aromatic rings. The zero-order valence-electron chi connectivity index (χ0n) is 15.6. The van der Waals surface area contributed by atoms with E-state index in [9.17, 15) is 4.79 Å². The molecular formula is C22H23Cl3N2O. The van der Waals surface area contributed by atoms with Gasteiger partial charge in [-0.25, -0.2) is 0 Å². The molecule has 28 heavy (non-hydrogen) atoms. The SMILES string of the molecule is O=C(NC1CC12CCN(CCc1ccc(Cl)cc1)CC2)c1cc(Cl)cc(Cl)c1. The van der Waals surface area contributed by atoms with E-state index in [1.165, 1.54) is 5.56 Å². The van der Waals surface area contributed by atoms with Gasteiger partial charge in [0, 0.05) is 33.2 Å². The quantitative estimate of drug-likeness (QED) is 0.672. The maximum absolute atomic E-state index is 12.5. The van der Waals surface area contributed by atoms with Crippen LogP contribution in [0.5, 0.6) is 0 Å². The molecule has 2 fully saturated rings. The van der Waals surface area contributed by atoms with Crippen molar-refractivity contribution in [3.05, 3.63) is 68.7 Å². The van der Waals surface area contributed by atoms with Crippen LogP contribution in [0.2, 0.25) is 15.1 Å². The minimum atomic E-state index is -0.0866. The molecule has 0 radical (unpaired) electrons. The van der Waals surface area contributed by atoms with E-state index in [4.69, 9.17) is 34.8 Å². The van der Waals surface area contributed by atoms with E-state index in [1.54, 1.807) is 18.2 Å². The summed E-state index contributed by atoms with van der Waals surface area (Å²) in [5.41, 5.74) is 2.12. The second-order valence-corrected chi connectivity index (χ2v) is 9.28. The van der Waals surface area contributed by atoms with Crippen molar-refractivity contribution in [2.45, 2.75) is 31.7 Å². The Morgan fingerprint density at radius 2 is 1.64 bits per heavy atom. The van der Waals surface area contributed by atoms with Gasteiger partial charge in [0.25, 0.3) is 5.91 Å². The highest BCUT2D eigenvalue weighted by Crippen LogP contribution is 2.54. The molecule has 1 N–H and O–H groups in total. The fourth-order valence-corrected chi connectivity index (χ4v) is 4.84. The monoisotopic (exact) mass is 436 g/mol. The number of nitrogens with one attached hydrogen (secondary N) is 1. The Morgan fingerprint density at radius 3 is 2.29 bits per heavy atom. The molecule has 1 aliphatic heterocycles. The smallest absolute Gasteiger partial charge is 0.251 e. The lowest BCUT2D eigenvalue weighted by Gasteiger charge is -2.33. The van der Waals surface area contributed by atoms with Crippen LogP contribution in [0.4, 0.5) is 0 Å². The van der Waals surface area contributed by atoms with E-state index in [0.29, 0.717) is 15.6 Å². The molecular weight excluding hydrogens is 415 g/mol. The van der Waals surface area contributed by atoms with E-state index in [-0.39, 0.29) is 17.4 Å². The highest BCUT2D eigenvalue weighted by Gasteiger charge is 2.55. The van der Waals surface area contributed by atoms with Crippen molar-refractivity contribution >= 4 is 40.7 Å². The molecule has 3 nitrogen and oxygen atoms in total. The zero-order chi connectivity index (χ0) is 19.7. The molecule has 2 aliphatic rings. The number of amides is 1. The average Bonchev–Trinajstić information content (AvgIpc) is 3.33. The summed E-state index contributed by atoms with van der Waals surface area (Å²) in [7, 11) is 0. The summed E-state index contributed by atoms with van der Waals surface area (Å²) in [6.45, 7) is 3.24. The number of rotatable bonds is 5. The third-order valence-electron chi connectivity index (χ3n) is 6.10. The molecule has 0 aromatic heterocycles. The highest BCUT2D eigenvalue weighted by atomic mass is 35.5. The Bertz CT molecular complexity index is 840. The number of carbonyl (C=O) groups is 1. The Labute approximate surface area is 181 Å². The van der Waals surface area contributed by atoms with Crippen molar-refractivity contribution in [1.29, 1.82) is 0 Å². The standard InChI is InChI=1S/C22H23Cl3N2O/c23-17-3-1-15(2-4-17)5-8-27-9-6-22(7-10-27)14-20(22)26-21(28)16-11-18(24)13-19(25)12-16/h1-4,11-13,20H,5-10,14H2,(H,26,28). The lowest BCUT2D eigenvalue weighted by molar-refractivity contribution is 0.0935. The molecule has 4 rings (SSSR count). The number of benzene rings is 2. The van der Waals surface area contributed by atoms with Gasteiger partial charge >= 0.3 is 0 Å². The number of likely N-dealkylation sites (tertiary alicyclic amines) is 1. The van der Waals surface area contributed by atoms with Crippen molar-refractivity contribution < 1.29 is 4.79 Å². The van der Waals surface area contributed by atoms with E-state index in [1.807, 2.05) is 12.1 Å². The molecule has 1 unspecified atom stereocenters. The highest BCUT2D eigenvalue weighted by molar-refractivity contribution is 6.35. The summed E-state index contributed by atoms with van der Waals surface area (Å²) in [6, 6.07) is 13.3. The Kier molecular flexibility index (Phi) is 5.89. The zero-order valence-corrected chi connectivity index (χ0v) is 17.8. The summed E-state index contributed by atoms with van der Waals surface area (Å²) >= 11 is 18.0. The van der Waals surface area contributed by atoms with Crippen LogP contribution in [-0.2, 0) is 6.42 Å². The van der Waals surface area contributed by atoms with Crippen molar-refractivity contribution in [2.24, 2.45) is 5.41 Å². The lowest BCUT2D eigenvalue weighted by atomic mass is 9.92. The van der Waals surface area contributed by atoms with E-state index >= 15 is 0 Å². The summed E-state index contributed by atoms with van der Waals surface area (Å²) in [5, 5.41) is 4.93. The first-order valence-electron chi connectivity index (χ1n) is 9.67. The van der Waals surface area contributed by atoms with Gasteiger partial charge in [0.15, 0.2) is 0 Å². The maximum Gasteiger partial charge on any atom is 0.251 e. The number of nitrogens with zero attached hydrogens (tertiary/aromatic N) is 1. The fourth-order valence-electron chi connectivity index (χ4n) is 4.19. The minimum absolute atomic E-state index is 0.0866. The first-order chi connectivity index (χ1) is 13.4. The van der Waals surface area contributed by atoms with Gasteiger partial charge in [-0.3, -0.25) is 4.79 Å². The lowest BCUT2D eigenvalue weighted by Crippen LogP contribution is -2.39. The van der Waals surface area contributed by atoms with Crippen LogP contribution >= 0.6 is 34.8 Å². The summed E-state index contributed by atoms with van der Waals surface area (Å²) in [5.74, 6) is -0.0866. The van der Waals surface area contributed by atoms with E-state index < -0.39 is 0 Å². The Hall–Kier alpha value is -1.26. The first kappa shape index (κ1) is 20.0. The number of hydrogen-bond donors (Lipinski definition) is 1. The van der Waals surface area contributed by atoms with Crippen LogP contribution in [0.1, 0.15) is 35.2 Å². The molecule has 1 saturated carbocycles. The second-order valence-electron chi connectivity index (χ2n) is 7.97. The third kappa shape index (κ3) is 4.65. The fraction of sp³-hybridized carbons (Fsp3) is 0.409. The molecule has 1 saturated heterocycles. The van der Waals surface area contributed by atoms with E-state index in [2.05, 4.69) is 22.3 Å². The number of piperidine rings is 1. The van der Waals surface area contributed by atoms with Crippen LogP contribution in [-0.4, -0.2) is 36.5 Å². The third-order valence-corrected chi connectivity index (χ3v) is 6.79. The molecule has 0 bridgehead atoms. The van der Waals surface area contributed by atoms with Gasteiger partial charge in [0.1, 0.15) is 0 Å². The summed E-state index contributed by atoms with van der Waals surface area (Å²) in [6.07, 6.45) is 4.38. The molecule has 6 heteroatoms. The Morgan fingerprint density at radius 1 is 1.00 bits per heavy atom. The first-order valence-corrected chi connectivity index (χ1v) is 10.8. The summed E-state index contributed by atoms with van der Waals surface area (Å²) < 4.78 is 0. The van der Waals surface area contributed by atoms with Crippen molar-refractivity contribution in [3.8, 4) is 0 Å². The van der Waals surface area contributed by atoms with Gasteiger partial charge in [-0.05, 0) is 80.1 Å². The number of carbonyl (C=O) groups excluding carboxylic acids is 1. The largest absolute Gasteiger partial charge is 0.349 e. The molecule has 148 valence electrons. The van der Waals surface area contributed by atoms with E-state index in [0.717, 1.165) is 50.3 Å². The minimum Gasteiger partial charge on any atom is -0.349 e. The molecule has 2 aromatic carbocycles. The van der Waals surface area contributed by atoms with Gasteiger partial charge < -0.3 is 10.2 Å².